The molecule has 1 aromatic carbocycles. The monoisotopic (exact) mass is 472 g/mol. The van der Waals surface area contributed by atoms with Crippen LogP contribution in [-0.4, -0.2) is 75.3 Å². The lowest BCUT2D eigenvalue weighted by molar-refractivity contribution is 0.141. The number of benzene rings is 1. The molecule has 0 aromatic heterocycles. The molecule has 0 aliphatic carbocycles. The second-order valence-electron chi connectivity index (χ2n) is 7.10. The maximum atomic E-state index is 5.24. The van der Waals surface area contributed by atoms with E-state index in [2.05, 4.69) is 50.4 Å². The van der Waals surface area contributed by atoms with E-state index >= 15 is 0 Å². The van der Waals surface area contributed by atoms with Crippen molar-refractivity contribution in [2.45, 2.75) is 31.2 Å². The molecule has 146 valence electrons. The molecule has 1 N–H and O–H groups in total. The van der Waals surface area contributed by atoms with Crippen molar-refractivity contribution in [2.75, 3.05) is 53.5 Å². The highest BCUT2D eigenvalue weighted by Crippen LogP contribution is 2.27. The minimum absolute atomic E-state index is 0. The van der Waals surface area contributed by atoms with Crippen molar-refractivity contribution in [1.29, 1.82) is 0 Å². The zero-order valence-corrected chi connectivity index (χ0v) is 18.4. The fourth-order valence-corrected chi connectivity index (χ4v) is 4.12. The van der Waals surface area contributed by atoms with Gasteiger partial charge in [-0.05, 0) is 31.4 Å². The number of rotatable bonds is 6. The van der Waals surface area contributed by atoms with Crippen LogP contribution in [0.4, 0.5) is 0 Å². The topological polar surface area (TPSA) is 40.1 Å². The molecule has 2 fully saturated rings. The highest BCUT2D eigenvalue weighted by Gasteiger charge is 2.28. The molecule has 0 bridgehead atoms. The number of likely N-dealkylation sites (tertiary alicyclic amines) is 2. The number of hydrogen-bond donors (Lipinski definition) is 1. The Morgan fingerprint density at radius 3 is 2.77 bits per heavy atom. The van der Waals surface area contributed by atoms with Gasteiger partial charge in [0, 0.05) is 52.3 Å². The number of halogens is 1. The molecule has 3 rings (SSSR count). The molecule has 2 atom stereocenters. The van der Waals surface area contributed by atoms with Crippen LogP contribution < -0.4 is 5.32 Å². The van der Waals surface area contributed by atoms with Gasteiger partial charge in [-0.2, -0.15) is 0 Å². The van der Waals surface area contributed by atoms with Crippen molar-refractivity contribution in [3.05, 3.63) is 35.9 Å². The predicted octanol–water partition coefficient (Wildman–Crippen LogP) is 2.78. The number of guanidine groups is 1. The van der Waals surface area contributed by atoms with E-state index < -0.39 is 0 Å². The smallest absolute Gasteiger partial charge is 0.193 e. The third-order valence-electron chi connectivity index (χ3n) is 5.55. The Hall–Kier alpha value is -0.860. The highest BCUT2D eigenvalue weighted by molar-refractivity contribution is 14.0. The number of aliphatic imine (C=N–C) groups is 1. The van der Waals surface area contributed by atoms with E-state index in [9.17, 15) is 0 Å². The van der Waals surface area contributed by atoms with Crippen LogP contribution in [0.25, 0.3) is 0 Å². The fourth-order valence-electron chi connectivity index (χ4n) is 4.12. The summed E-state index contributed by atoms with van der Waals surface area (Å²) in [6.45, 7) is 6.15. The van der Waals surface area contributed by atoms with Crippen LogP contribution in [0.15, 0.2) is 35.3 Å². The molecule has 1 aromatic rings. The van der Waals surface area contributed by atoms with Gasteiger partial charge in [0.05, 0.1) is 6.61 Å². The summed E-state index contributed by atoms with van der Waals surface area (Å²) in [6.07, 6.45) is 3.75. The zero-order valence-electron chi connectivity index (χ0n) is 16.1. The molecule has 2 aliphatic rings. The molecule has 2 saturated heterocycles. The van der Waals surface area contributed by atoms with Crippen LogP contribution in [-0.2, 0) is 4.74 Å². The number of nitrogens with zero attached hydrogens (tertiary/aromatic N) is 3. The second kappa shape index (κ2) is 11.1. The van der Waals surface area contributed by atoms with Crippen molar-refractivity contribution in [3.63, 3.8) is 0 Å². The van der Waals surface area contributed by atoms with Gasteiger partial charge in [-0.25, -0.2) is 0 Å². The first-order chi connectivity index (χ1) is 12.3. The van der Waals surface area contributed by atoms with E-state index in [1.54, 1.807) is 7.11 Å². The van der Waals surface area contributed by atoms with Crippen molar-refractivity contribution in [3.8, 4) is 0 Å². The van der Waals surface area contributed by atoms with Gasteiger partial charge in [-0.1, -0.05) is 30.3 Å². The highest BCUT2D eigenvalue weighted by atomic mass is 127. The average Bonchev–Trinajstić information content (AvgIpc) is 3.31. The summed E-state index contributed by atoms with van der Waals surface area (Å²) < 4.78 is 5.24. The van der Waals surface area contributed by atoms with E-state index in [0.29, 0.717) is 12.0 Å². The predicted molar refractivity (Wildman–Crippen MR) is 119 cm³/mol. The van der Waals surface area contributed by atoms with Crippen molar-refractivity contribution in [2.24, 2.45) is 4.99 Å². The molecular formula is C20H33IN4O. The summed E-state index contributed by atoms with van der Waals surface area (Å²) >= 11 is 0. The van der Waals surface area contributed by atoms with Gasteiger partial charge >= 0.3 is 0 Å². The molecular weight excluding hydrogens is 439 g/mol. The summed E-state index contributed by atoms with van der Waals surface area (Å²) in [4.78, 5) is 9.49. The summed E-state index contributed by atoms with van der Waals surface area (Å²) in [6, 6.07) is 11.5. The molecule has 5 nitrogen and oxygen atoms in total. The molecule has 0 saturated carbocycles. The largest absolute Gasteiger partial charge is 0.383 e. The molecule has 2 aliphatic heterocycles. The quantitative estimate of drug-likeness (QED) is 0.393. The Morgan fingerprint density at radius 2 is 2.04 bits per heavy atom. The molecule has 2 heterocycles. The summed E-state index contributed by atoms with van der Waals surface area (Å²) in [5, 5.41) is 3.63. The number of nitrogens with one attached hydrogen (secondary N) is 1. The van der Waals surface area contributed by atoms with Crippen LogP contribution in [0.2, 0.25) is 0 Å². The number of ether oxygens (including phenoxy) is 1. The second-order valence-corrected chi connectivity index (χ2v) is 7.10. The molecule has 0 spiro atoms. The summed E-state index contributed by atoms with van der Waals surface area (Å²) in [7, 11) is 3.68. The van der Waals surface area contributed by atoms with Crippen LogP contribution in [0.1, 0.15) is 30.7 Å². The Labute approximate surface area is 175 Å². The van der Waals surface area contributed by atoms with Gasteiger partial charge in [-0.3, -0.25) is 9.89 Å². The number of hydrogen-bond acceptors (Lipinski definition) is 3. The third-order valence-corrected chi connectivity index (χ3v) is 5.55. The Morgan fingerprint density at radius 1 is 1.23 bits per heavy atom. The SMILES string of the molecule is CN=C(NCC1CCCN1CCOC)N1CCC(c2ccccc2)C1.I. The van der Waals surface area contributed by atoms with Crippen LogP contribution >= 0.6 is 24.0 Å². The van der Waals surface area contributed by atoms with Gasteiger partial charge in [0.2, 0.25) is 0 Å². The lowest BCUT2D eigenvalue weighted by atomic mass is 9.99. The van der Waals surface area contributed by atoms with E-state index in [-0.39, 0.29) is 24.0 Å². The number of methoxy groups -OCH3 is 1. The van der Waals surface area contributed by atoms with Gasteiger partial charge in [0.1, 0.15) is 0 Å². The van der Waals surface area contributed by atoms with E-state index in [1.807, 2.05) is 7.05 Å². The molecule has 26 heavy (non-hydrogen) atoms. The third kappa shape index (κ3) is 5.57. The standard InChI is InChI=1S/C20H32N4O.HI/c1-21-20(22-15-19-9-6-11-23(19)13-14-25-2)24-12-10-18(16-24)17-7-4-3-5-8-17;/h3-5,7-8,18-19H,6,9-16H2,1-2H3,(H,21,22);1H. The maximum absolute atomic E-state index is 5.24. The Balaban J connectivity index is 0.00000243. The van der Waals surface area contributed by atoms with E-state index in [0.717, 1.165) is 38.7 Å². The first kappa shape index (κ1) is 21.4. The first-order valence-corrected chi connectivity index (χ1v) is 9.55. The average molecular weight is 472 g/mol. The van der Waals surface area contributed by atoms with E-state index in [4.69, 9.17) is 4.74 Å². The van der Waals surface area contributed by atoms with Gasteiger partial charge in [-0.15, -0.1) is 24.0 Å². The van der Waals surface area contributed by atoms with Crippen molar-refractivity contribution < 1.29 is 4.74 Å². The summed E-state index contributed by atoms with van der Waals surface area (Å²) in [5.41, 5.74) is 1.45. The molecule has 2 unspecified atom stereocenters. The molecule has 0 amide bonds. The lowest BCUT2D eigenvalue weighted by Crippen LogP contribution is -2.46. The molecule has 0 radical (unpaired) electrons. The fraction of sp³-hybridized carbons (Fsp3) is 0.650. The van der Waals surface area contributed by atoms with Gasteiger partial charge in [0.15, 0.2) is 5.96 Å². The van der Waals surface area contributed by atoms with Crippen LogP contribution in [0.3, 0.4) is 0 Å². The summed E-state index contributed by atoms with van der Waals surface area (Å²) in [5.74, 6) is 1.67. The van der Waals surface area contributed by atoms with Gasteiger partial charge < -0.3 is 15.0 Å². The Kier molecular flexibility index (Phi) is 9.15. The van der Waals surface area contributed by atoms with Crippen molar-refractivity contribution in [1.82, 2.24) is 15.1 Å². The molecule has 6 heteroatoms. The Bertz CT molecular complexity index is 554. The normalized spacial score (nSPS) is 23.9. The maximum Gasteiger partial charge on any atom is 0.193 e. The van der Waals surface area contributed by atoms with Crippen LogP contribution in [0, 0.1) is 0 Å². The van der Waals surface area contributed by atoms with E-state index in [1.165, 1.54) is 31.4 Å². The lowest BCUT2D eigenvalue weighted by Gasteiger charge is -2.27. The van der Waals surface area contributed by atoms with Crippen LogP contribution in [0.5, 0.6) is 0 Å². The minimum Gasteiger partial charge on any atom is -0.383 e. The first-order valence-electron chi connectivity index (χ1n) is 9.55. The minimum atomic E-state index is 0. The van der Waals surface area contributed by atoms with Crippen molar-refractivity contribution >= 4 is 29.9 Å². The zero-order chi connectivity index (χ0) is 17.5. The van der Waals surface area contributed by atoms with Gasteiger partial charge in [0.25, 0.3) is 0 Å².